The molecule has 0 unspecified atom stereocenters. The van der Waals surface area contributed by atoms with Crippen molar-refractivity contribution in [1.29, 1.82) is 0 Å². The molecule has 1 aliphatic rings. The van der Waals surface area contributed by atoms with Gasteiger partial charge in [0.2, 0.25) is 0 Å². The Morgan fingerprint density at radius 1 is 1.00 bits per heavy atom. The Bertz CT molecular complexity index is 1210. The molecule has 7 heteroatoms. The molecule has 0 amide bonds. The lowest BCUT2D eigenvalue weighted by Gasteiger charge is -2.07. The Labute approximate surface area is 194 Å². The molecule has 2 N–H and O–H groups in total. The summed E-state index contributed by atoms with van der Waals surface area (Å²) >= 11 is 9.46. The Balaban J connectivity index is 1.14. The Morgan fingerprint density at radius 2 is 1.84 bits per heavy atom. The van der Waals surface area contributed by atoms with Crippen LogP contribution in [0.4, 0.5) is 10.8 Å². The fraction of sp³-hybridized carbons (Fsp3) is 0.167. The molecular formula is C24H21ClN4S2. The van der Waals surface area contributed by atoms with Gasteiger partial charge in [0.1, 0.15) is 0 Å². The minimum absolute atomic E-state index is 0.234. The molecule has 1 atom stereocenters. The van der Waals surface area contributed by atoms with Gasteiger partial charge in [-0.05, 0) is 47.9 Å². The number of anilines is 2. The highest BCUT2D eigenvalue weighted by Crippen LogP contribution is 2.31. The standard InChI is InChI=1S/C24H21ClN4S2/c25-18-8-11-20-22(14-18)31-23(28-20)26-13-12-16-6-9-19(10-7-16)27-24-29-21(15-30-24)17-4-2-1-3-5-17/h1-11,14,21H,12-13,15H2,(H,26,28)(H,27,29)/t21-/m1/s1. The number of nitrogens with one attached hydrogen (secondary N) is 2. The van der Waals surface area contributed by atoms with Crippen LogP contribution in [0.15, 0.2) is 77.8 Å². The number of hydrogen-bond donors (Lipinski definition) is 2. The maximum Gasteiger partial charge on any atom is 0.183 e. The number of fused-ring (bicyclic) bond motifs is 1. The summed E-state index contributed by atoms with van der Waals surface area (Å²) < 4.78 is 1.10. The summed E-state index contributed by atoms with van der Waals surface area (Å²) in [5, 5.41) is 9.53. The van der Waals surface area contributed by atoms with E-state index in [1.807, 2.05) is 24.3 Å². The van der Waals surface area contributed by atoms with Crippen molar-refractivity contribution in [1.82, 2.24) is 4.98 Å². The van der Waals surface area contributed by atoms with Crippen LogP contribution in [0.1, 0.15) is 17.2 Å². The first-order valence-corrected chi connectivity index (χ1v) is 12.3. The second kappa shape index (κ2) is 9.30. The molecule has 4 nitrogen and oxygen atoms in total. The number of amidine groups is 1. The van der Waals surface area contributed by atoms with Gasteiger partial charge in [-0.25, -0.2) is 4.98 Å². The molecule has 0 saturated heterocycles. The van der Waals surface area contributed by atoms with E-state index in [1.54, 1.807) is 23.1 Å². The van der Waals surface area contributed by atoms with Gasteiger partial charge in [-0.2, -0.15) is 0 Å². The molecule has 5 rings (SSSR count). The number of rotatable bonds is 6. The van der Waals surface area contributed by atoms with Gasteiger partial charge < -0.3 is 10.6 Å². The maximum atomic E-state index is 6.06. The zero-order chi connectivity index (χ0) is 21.0. The van der Waals surface area contributed by atoms with Crippen LogP contribution in [0.5, 0.6) is 0 Å². The van der Waals surface area contributed by atoms with E-state index in [9.17, 15) is 0 Å². The van der Waals surface area contributed by atoms with Crippen molar-refractivity contribution >= 4 is 60.9 Å². The summed E-state index contributed by atoms with van der Waals surface area (Å²) in [5.41, 5.74) is 4.60. The monoisotopic (exact) mass is 464 g/mol. The summed E-state index contributed by atoms with van der Waals surface area (Å²) in [6, 6.07) is 25.1. The van der Waals surface area contributed by atoms with Crippen LogP contribution in [0.2, 0.25) is 5.02 Å². The van der Waals surface area contributed by atoms with Crippen LogP contribution in [0.3, 0.4) is 0 Å². The highest BCUT2D eigenvalue weighted by molar-refractivity contribution is 8.14. The summed E-state index contributed by atoms with van der Waals surface area (Å²) in [5.74, 6) is 0.980. The number of halogens is 1. The minimum atomic E-state index is 0.234. The van der Waals surface area contributed by atoms with Crippen LogP contribution >= 0.6 is 34.7 Å². The van der Waals surface area contributed by atoms with Crippen LogP contribution < -0.4 is 10.6 Å². The normalized spacial score (nSPS) is 15.8. The van der Waals surface area contributed by atoms with E-state index in [1.165, 1.54) is 11.1 Å². The van der Waals surface area contributed by atoms with Crippen LogP contribution in [0.25, 0.3) is 10.2 Å². The van der Waals surface area contributed by atoms with E-state index in [0.29, 0.717) is 0 Å². The van der Waals surface area contributed by atoms with E-state index < -0.39 is 0 Å². The third-order valence-corrected chi connectivity index (χ3v) is 7.26. The zero-order valence-electron chi connectivity index (χ0n) is 16.7. The molecule has 3 aromatic carbocycles. The number of thioether (sulfide) groups is 1. The number of hydrogen-bond acceptors (Lipinski definition) is 6. The fourth-order valence-corrected chi connectivity index (χ4v) is 5.60. The van der Waals surface area contributed by atoms with Gasteiger partial charge >= 0.3 is 0 Å². The van der Waals surface area contributed by atoms with Crippen molar-refractivity contribution in [3.63, 3.8) is 0 Å². The molecule has 0 aliphatic carbocycles. The van der Waals surface area contributed by atoms with Gasteiger partial charge in [-0.1, -0.05) is 77.2 Å². The number of thiazole rings is 1. The van der Waals surface area contributed by atoms with Crippen molar-refractivity contribution in [2.75, 3.05) is 22.9 Å². The topological polar surface area (TPSA) is 49.3 Å². The van der Waals surface area contributed by atoms with E-state index in [0.717, 1.165) is 49.9 Å². The highest BCUT2D eigenvalue weighted by Gasteiger charge is 2.19. The molecule has 0 saturated carbocycles. The third kappa shape index (κ3) is 5.03. The number of benzene rings is 3. The van der Waals surface area contributed by atoms with Gasteiger partial charge in [0, 0.05) is 23.0 Å². The Kier molecular flexibility index (Phi) is 6.11. The molecule has 0 spiro atoms. The van der Waals surface area contributed by atoms with Crippen molar-refractivity contribution in [2.24, 2.45) is 4.99 Å². The predicted molar refractivity (Wildman–Crippen MR) is 136 cm³/mol. The van der Waals surface area contributed by atoms with E-state index in [-0.39, 0.29) is 6.04 Å². The van der Waals surface area contributed by atoms with Gasteiger partial charge in [-0.3, -0.25) is 4.99 Å². The van der Waals surface area contributed by atoms with Gasteiger partial charge in [0.05, 0.1) is 16.3 Å². The summed E-state index contributed by atoms with van der Waals surface area (Å²) in [6.45, 7) is 0.835. The molecule has 4 aromatic rings. The van der Waals surface area contributed by atoms with Crippen LogP contribution in [-0.4, -0.2) is 22.4 Å². The second-order valence-electron chi connectivity index (χ2n) is 7.30. The molecule has 31 heavy (non-hydrogen) atoms. The minimum Gasteiger partial charge on any atom is -0.361 e. The average Bonchev–Trinajstić information content (AvgIpc) is 3.42. The first-order chi connectivity index (χ1) is 15.2. The Morgan fingerprint density at radius 3 is 2.68 bits per heavy atom. The van der Waals surface area contributed by atoms with Crippen molar-refractivity contribution in [2.45, 2.75) is 12.5 Å². The van der Waals surface area contributed by atoms with Gasteiger partial charge in [-0.15, -0.1) is 0 Å². The quantitative estimate of drug-likeness (QED) is 0.327. The number of aromatic nitrogens is 1. The maximum absolute atomic E-state index is 6.06. The SMILES string of the molecule is Clc1ccc2nc(NCCc3ccc(NC4=N[C@@H](c5ccccc5)CS4)cc3)sc2c1. The first-order valence-electron chi connectivity index (χ1n) is 10.1. The summed E-state index contributed by atoms with van der Waals surface area (Å²) in [6.07, 6.45) is 0.933. The molecule has 0 bridgehead atoms. The van der Waals surface area contributed by atoms with Crippen LogP contribution in [0, 0.1) is 0 Å². The molecule has 156 valence electrons. The van der Waals surface area contributed by atoms with Crippen molar-refractivity contribution in [3.05, 3.63) is 88.9 Å². The summed E-state index contributed by atoms with van der Waals surface area (Å²) in [7, 11) is 0. The third-order valence-electron chi connectivity index (χ3n) is 5.08. The lowest BCUT2D eigenvalue weighted by atomic mass is 10.1. The molecule has 0 radical (unpaired) electrons. The average molecular weight is 465 g/mol. The Hall–Kier alpha value is -2.54. The molecule has 2 heterocycles. The second-order valence-corrected chi connectivity index (χ2v) is 9.78. The van der Waals surface area contributed by atoms with E-state index >= 15 is 0 Å². The zero-order valence-corrected chi connectivity index (χ0v) is 19.1. The van der Waals surface area contributed by atoms with Gasteiger partial charge in [0.15, 0.2) is 10.3 Å². The molecular weight excluding hydrogens is 444 g/mol. The largest absolute Gasteiger partial charge is 0.361 e. The van der Waals surface area contributed by atoms with Crippen molar-refractivity contribution < 1.29 is 0 Å². The highest BCUT2D eigenvalue weighted by atomic mass is 35.5. The number of aliphatic imine (C=N–C) groups is 1. The first kappa shape index (κ1) is 20.4. The van der Waals surface area contributed by atoms with Gasteiger partial charge in [0.25, 0.3) is 0 Å². The smallest absolute Gasteiger partial charge is 0.183 e. The van der Waals surface area contributed by atoms with Crippen molar-refractivity contribution in [3.8, 4) is 0 Å². The lowest BCUT2D eigenvalue weighted by molar-refractivity contribution is 0.849. The molecule has 1 aliphatic heterocycles. The van der Waals surface area contributed by atoms with E-state index in [2.05, 4.69) is 64.1 Å². The molecule has 1 aromatic heterocycles. The fourth-order valence-electron chi connectivity index (χ4n) is 3.45. The lowest BCUT2D eigenvalue weighted by Crippen LogP contribution is -2.06. The van der Waals surface area contributed by atoms with E-state index in [4.69, 9.17) is 16.6 Å². The predicted octanol–water partition coefficient (Wildman–Crippen LogP) is 6.86. The summed E-state index contributed by atoms with van der Waals surface area (Å²) in [4.78, 5) is 9.43. The molecule has 0 fully saturated rings. The number of nitrogens with zero attached hydrogens (tertiary/aromatic N) is 2. The van der Waals surface area contributed by atoms with Crippen LogP contribution in [-0.2, 0) is 6.42 Å².